The number of aromatic nitrogens is 2. The van der Waals surface area contributed by atoms with Crippen LogP contribution in [0.5, 0.6) is 0 Å². The van der Waals surface area contributed by atoms with Gasteiger partial charge in [-0.15, -0.1) is 0 Å². The molecule has 1 saturated heterocycles. The van der Waals surface area contributed by atoms with E-state index in [4.69, 9.17) is 4.74 Å². The molecule has 4 nitrogen and oxygen atoms in total. The lowest BCUT2D eigenvalue weighted by molar-refractivity contribution is -0.0865. The van der Waals surface area contributed by atoms with Gasteiger partial charge in [-0.1, -0.05) is 13.8 Å². The molecular formula is C14H23N3O. The first-order valence-electron chi connectivity index (χ1n) is 6.86. The van der Waals surface area contributed by atoms with E-state index in [9.17, 15) is 0 Å². The minimum Gasteiger partial charge on any atom is -0.375 e. The average molecular weight is 249 g/mol. The Balaban J connectivity index is 1.99. The molecule has 0 radical (unpaired) electrons. The zero-order valence-electron chi connectivity index (χ0n) is 11.6. The van der Waals surface area contributed by atoms with E-state index in [0.717, 1.165) is 43.8 Å². The molecule has 0 amide bonds. The standard InChI is InChI=1S/C14H23N3O/c1-4-14(5-2)8-12(6-7-18-14)17-13-15-9-11(3)10-16-13/h9-10,12H,4-8H2,1-3H3,(H,15,16,17). The topological polar surface area (TPSA) is 47.0 Å². The quantitative estimate of drug-likeness (QED) is 0.891. The van der Waals surface area contributed by atoms with Gasteiger partial charge in [0.2, 0.25) is 5.95 Å². The van der Waals surface area contributed by atoms with Crippen molar-refractivity contribution < 1.29 is 4.74 Å². The average Bonchev–Trinajstić information content (AvgIpc) is 2.41. The van der Waals surface area contributed by atoms with Gasteiger partial charge in [0.25, 0.3) is 0 Å². The summed E-state index contributed by atoms with van der Waals surface area (Å²) in [5.74, 6) is 0.730. The largest absolute Gasteiger partial charge is 0.375 e. The second kappa shape index (κ2) is 5.65. The van der Waals surface area contributed by atoms with E-state index >= 15 is 0 Å². The normalized spacial score (nSPS) is 22.7. The smallest absolute Gasteiger partial charge is 0.222 e. The highest BCUT2D eigenvalue weighted by atomic mass is 16.5. The van der Waals surface area contributed by atoms with Crippen LogP contribution in [0.1, 0.15) is 45.1 Å². The fraction of sp³-hybridized carbons (Fsp3) is 0.714. The molecule has 4 heteroatoms. The maximum absolute atomic E-state index is 5.97. The lowest BCUT2D eigenvalue weighted by Crippen LogP contribution is -2.43. The number of anilines is 1. The number of nitrogens with one attached hydrogen (secondary N) is 1. The molecule has 1 aromatic rings. The Hall–Kier alpha value is -1.16. The molecule has 2 rings (SSSR count). The highest BCUT2D eigenvalue weighted by molar-refractivity contribution is 5.26. The number of ether oxygens (including phenoxy) is 1. The Kier molecular flexibility index (Phi) is 4.17. The highest BCUT2D eigenvalue weighted by Crippen LogP contribution is 2.32. The number of rotatable bonds is 4. The zero-order chi connectivity index (χ0) is 13.0. The molecule has 1 aromatic heterocycles. The third-order valence-corrected chi connectivity index (χ3v) is 3.90. The van der Waals surface area contributed by atoms with Crippen molar-refractivity contribution in [2.45, 2.75) is 58.1 Å². The zero-order valence-corrected chi connectivity index (χ0v) is 11.6. The van der Waals surface area contributed by atoms with Crippen molar-refractivity contribution in [2.75, 3.05) is 11.9 Å². The van der Waals surface area contributed by atoms with Crippen LogP contribution in [0.15, 0.2) is 12.4 Å². The minimum atomic E-state index is 0.0423. The van der Waals surface area contributed by atoms with Crippen LogP contribution >= 0.6 is 0 Å². The van der Waals surface area contributed by atoms with Gasteiger partial charge < -0.3 is 10.1 Å². The van der Waals surface area contributed by atoms with Crippen molar-refractivity contribution in [3.8, 4) is 0 Å². The third kappa shape index (κ3) is 2.99. The van der Waals surface area contributed by atoms with Crippen LogP contribution in [0, 0.1) is 6.92 Å². The Labute approximate surface area is 109 Å². The van der Waals surface area contributed by atoms with Crippen LogP contribution in [-0.2, 0) is 4.74 Å². The molecule has 100 valence electrons. The van der Waals surface area contributed by atoms with Crippen molar-refractivity contribution in [1.29, 1.82) is 0 Å². The van der Waals surface area contributed by atoms with Gasteiger partial charge in [0.05, 0.1) is 5.60 Å². The second-order valence-corrected chi connectivity index (χ2v) is 5.16. The van der Waals surface area contributed by atoms with E-state index in [2.05, 4.69) is 29.1 Å². The molecule has 0 spiro atoms. The molecule has 2 heterocycles. The number of hydrogen-bond acceptors (Lipinski definition) is 4. The fourth-order valence-electron chi connectivity index (χ4n) is 2.54. The summed E-state index contributed by atoms with van der Waals surface area (Å²) in [5, 5.41) is 3.43. The predicted molar refractivity (Wildman–Crippen MR) is 72.7 cm³/mol. The van der Waals surface area contributed by atoms with Crippen LogP contribution in [-0.4, -0.2) is 28.2 Å². The Morgan fingerprint density at radius 3 is 2.61 bits per heavy atom. The summed E-state index contributed by atoms with van der Waals surface area (Å²) < 4.78 is 5.97. The van der Waals surface area contributed by atoms with Crippen molar-refractivity contribution >= 4 is 5.95 Å². The van der Waals surface area contributed by atoms with Crippen LogP contribution in [0.25, 0.3) is 0 Å². The van der Waals surface area contributed by atoms with E-state index in [1.165, 1.54) is 0 Å². The lowest BCUT2D eigenvalue weighted by atomic mass is 9.86. The molecule has 0 aromatic carbocycles. The van der Waals surface area contributed by atoms with Crippen molar-refractivity contribution in [2.24, 2.45) is 0 Å². The second-order valence-electron chi connectivity index (χ2n) is 5.16. The van der Waals surface area contributed by atoms with E-state index in [1.807, 2.05) is 19.3 Å². The van der Waals surface area contributed by atoms with Gasteiger partial charge in [0.15, 0.2) is 0 Å². The van der Waals surface area contributed by atoms with Gasteiger partial charge in [-0.3, -0.25) is 0 Å². The van der Waals surface area contributed by atoms with Crippen molar-refractivity contribution in [3.63, 3.8) is 0 Å². The first-order valence-corrected chi connectivity index (χ1v) is 6.86. The first-order chi connectivity index (χ1) is 8.67. The number of nitrogens with zero attached hydrogens (tertiary/aromatic N) is 2. The summed E-state index contributed by atoms with van der Waals surface area (Å²) in [6, 6.07) is 0.418. The minimum absolute atomic E-state index is 0.0423. The predicted octanol–water partition coefficient (Wildman–Crippen LogP) is 2.93. The SMILES string of the molecule is CCC1(CC)CC(Nc2ncc(C)cn2)CCO1. The molecule has 1 aliphatic rings. The van der Waals surface area contributed by atoms with E-state index in [1.54, 1.807) is 0 Å². The number of aryl methyl sites for hydroxylation is 1. The lowest BCUT2D eigenvalue weighted by Gasteiger charge is -2.40. The van der Waals surface area contributed by atoms with Gasteiger partial charge in [0.1, 0.15) is 0 Å². The molecule has 1 unspecified atom stereocenters. The van der Waals surface area contributed by atoms with E-state index in [0.29, 0.717) is 6.04 Å². The van der Waals surface area contributed by atoms with Crippen LogP contribution < -0.4 is 5.32 Å². The van der Waals surface area contributed by atoms with Gasteiger partial charge in [-0.05, 0) is 38.2 Å². The summed E-state index contributed by atoms with van der Waals surface area (Å²) in [6.45, 7) is 7.23. The van der Waals surface area contributed by atoms with Crippen LogP contribution in [0.4, 0.5) is 5.95 Å². The first kappa shape index (κ1) is 13.3. The summed E-state index contributed by atoms with van der Waals surface area (Å²) in [5.41, 5.74) is 1.13. The van der Waals surface area contributed by atoms with E-state index < -0.39 is 0 Å². The maximum atomic E-state index is 5.97. The van der Waals surface area contributed by atoms with E-state index in [-0.39, 0.29) is 5.60 Å². The Bertz CT molecular complexity index is 373. The summed E-state index contributed by atoms with van der Waals surface area (Å²) in [4.78, 5) is 8.62. The molecular weight excluding hydrogens is 226 g/mol. The Morgan fingerprint density at radius 1 is 1.33 bits per heavy atom. The fourth-order valence-corrected chi connectivity index (χ4v) is 2.54. The molecule has 0 saturated carbocycles. The summed E-state index contributed by atoms with van der Waals surface area (Å²) >= 11 is 0. The van der Waals surface area contributed by atoms with Crippen LogP contribution in [0.2, 0.25) is 0 Å². The van der Waals surface area contributed by atoms with Gasteiger partial charge in [-0.25, -0.2) is 9.97 Å². The van der Waals surface area contributed by atoms with Crippen LogP contribution in [0.3, 0.4) is 0 Å². The third-order valence-electron chi connectivity index (χ3n) is 3.90. The summed E-state index contributed by atoms with van der Waals surface area (Å²) in [6.07, 6.45) is 7.90. The van der Waals surface area contributed by atoms with Gasteiger partial charge >= 0.3 is 0 Å². The molecule has 1 aliphatic heterocycles. The molecule has 1 atom stereocenters. The molecule has 1 N–H and O–H groups in total. The molecule has 0 aliphatic carbocycles. The maximum Gasteiger partial charge on any atom is 0.222 e. The molecule has 0 bridgehead atoms. The highest BCUT2D eigenvalue weighted by Gasteiger charge is 2.34. The monoisotopic (exact) mass is 249 g/mol. The summed E-state index contributed by atoms with van der Waals surface area (Å²) in [7, 11) is 0. The van der Waals surface area contributed by atoms with Gasteiger partial charge in [-0.2, -0.15) is 0 Å². The Morgan fingerprint density at radius 2 is 2.00 bits per heavy atom. The molecule has 18 heavy (non-hydrogen) atoms. The van der Waals surface area contributed by atoms with Crippen molar-refractivity contribution in [3.05, 3.63) is 18.0 Å². The number of hydrogen-bond donors (Lipinski definition) is 1. The molecule has 1 fully saturated rings. The van der Waals surface area contributed by atoms with Crippen molar-refractivity contribution in [1.82, 2.24) is 9.97 Å². The van der Waals surface area contributed by atoms with Gasteiger partial charge in [0, 0.05) is 25.0 Å².